The van der Waals surface area contributed by atoms with Crippen LogP contribution in [0, 0.1) is 13.8 Å². The van der Waals surface area contributed by atoms with E-state index in [1.165, 1.54) is 0 Å². The number of nitrogens with one attached hydrogen (secondary N) is 2. The van der Waals surface area contributed by atoms with Crippen LogP contribution in [0.4, 0.5) is 5.82 Å². The summed E-state index contributed by atoms with van der Waals surface area (Å²) >= 11 is 0. The highest BCUT2D eigenvalue weighted by Crippen LogP contribution is 2.39. The minimum atomic E-state index is -0.801. The summed E-state index contributed by atoms with van der Waals surface area (Å²) in [5, 5.41) is 10.5. The lowest BCUT2D eigenvalue weighted by Crippen LogP contribution is -2.50. The van der Waals surface area contributed by atoms with Crippen LogP contribution in [0.1, 0.15) is 44.2 Å². The monoisotopic (exact) mass is 480 g/mol. The van der Waals surface area contributed by atoms with Gasteiger partial charge in [-0.25, -0.2) is 0 Å². The van der Waals surface area contributed by atoms with E-state index in [2.05, 4.69) is 15.7 Å². The van der Waals surface area contributed by atoms with Crippen molar-refractivity contribution >= 4 is 17.6 Å². The van der Waals surface area contributed by atoms with Crippen LogP contribution < -0.4 is 15.4 Å². The van der Waals surface area contributed by atoms with Crippen LogP contribution in [0.2, 0.25) is 0 Å². The van der Waals surface area contributed by atoms with Gasteiger partial charge in [-0.1, -0.05) is 60.2 Å². The average molecular weight is 481 g/mol. The summed E-state index contributed by atoms with van der Waals surface area (Å²) < 4.78 is 7.62. The summed E-state index contributed by atoms with van der Waals surface area (Å²) in [4.78, 5) is 26.4. The van der Waals surface area contributed by atoms with Crippen LogP contribution in [-0.4, -0.2) is 27.6 Å². The maximum Gasteiger partial charge on any atom is 0.251 e. The summed E-state index contributed by atoms with van der Waals surface area (Å²) in [6.45, 7) is 4.31. The molecule has 0 bridgehead atoms. The molecule has 1 aromatic heterocycles. The lowest BCUT2D eigenvalue weighted by molar-refractivity contribution is -0.118. The molecule has 0 radical (unpaired) electrons. The predicted molar refractivity (Wildman–Crippen MR) is 138 cm³/mol. The van der Waals surface area contributed by atoms with Crippen LogP contribution in [0.3, 0.4) is 0 Å². The Bertz CT molecular complexity index is 1410. The minimum Gasteiger partial charge on any atom is -0.489 e. The molecule has 1 aliphatic heterocycles. The standard InChI is InChI=1S/C29H28N4O3/c1-18-8-7-11-22(16-18)28(34)30-26-25(24-19(2)32-33(3)27(24)31-29(26)35)21-12-14-23(15-13-21)36-17-20-9-5-4-6-10-20/h4-16,25-26H,17H2,1-3H3,(H,30,34)(H,31,35)/t25-,26+/m0/s1. The largest absolute Gasteiger partial charge is 0.489 e. The van der Waals surface area contributed by atoms with Crippen LogP contribution in [0.15, 0.2) is 78.9 Å². The predicted octanol–water partition coefficient (Wildman–Crippen LogP) is 4.50. The number of ether oxygens (including phenoxy) is 1. The summed E-state index contributed by atoms with van der Waals surface area (Å²) in [6.07, 6.45) is 0. The van der Waals surface area contributed by atoms with Crippen molar-refractivity contribution in [3.8, 4) is 5.75 Å². The molecule has 0 spiro atoms. The maximum atomic E-state index is 13.3. The summed E-state index contributed by atoms with van der Waals surface area (Å²) in [7, 11) is 1.80. The molecule has 0 fully saturated rings. The molecular formula is C29H28N4O3. The third-order valence-electron chi connectivity index (χ3n) is 6.49. The quantitative estimate of drug-likeness (QED) is 0.426. The number of aromatic nitrogens is 2. The Morgan fingerprint density at radius 2 is 1.78 bits per heavy atom. The molecule has 0 saturated heterocycles. The number of fused-ring (bicyclic) bond motifs is 1. The van der Waals surface area contributed by atoms with Gasteiger partial charge in [0.2, 0.25) is 5.91 Å². The lowest BCUT2D eigenvalue weighted by Gasteiger charge is -2.32. The molecule has 0 unspecified atom stereocenters. The van der Waals surface area contributed by atoms with Crippen LogP contribution in [0.5, 0.6) is 5.75 Å². The first-order valence-corrected chi connectivity index (χ1v) is 11.9. The number of hydrogen-bond donors (Lipinski definition) is 2. The summed E-state index contributed by atoms with van der Waals surface area (Å²) in [5.74, 6) is 0.399. The van der Waals surface area contributed by atoms with Gasteiger partial charge in [-0.3, -0.25) is 14.3 Å². The Morgan fingerprint density at radius 3 is 2.50 bits per heavy atom. The minimum absolute atomic E-state index is 0.277. The molecule has 7 heteroatoms. The number of benzene rings is 3. The maximum absolute atomic E-state index is 13.3. The number of nitrogens with zero attached hydrogens (tertiary/aromatic N) is 2. The third-order valence-corrected chi connectivity index (χ3v) is 6.49. The van der Waals surface area contributed by atoms with Crippen molar-refractivity contribution in [3.63, 3.8) is 0 Å². The lowest BCUT2D eigenvalue weighted by atomic mass is 9.82. The van der Waals surface area contributed by atoms with Crippen molar-refractivity contribution in [2.75, 3.05) is 5.32 Å². The van der Waals surface area contributed by atoms with Gasteiger partial charge in [-0.05, 0) is 49.2 Å². The molecule has 1 aliphatic rings. The molecule has 2 N–H and O–H groups in total. The molecule has 5 rings (SSSR count). The molecular weight excluding hydrogens is 452 g/mol. The molecule has 2 amide bonds. The van der Waals surface area contributed by atoms with Gasteiger partial charge >= 0.3 is 0 Å². The summed E-state index contributed by atoms with van der Waals surface area (Å²) in [6, 6.07) is 24.2. The van der Waals surface area contributed by atoms with E-state index in [1.54, 1.807) is 17.8 Å². The Morgan fingerprint density at radius 1 is 1.03 bits per heavy atom. The molecule has 0 saturated carbocycles. The van der Waals surface area contributed by atoms with Gasteiger partial charge in [0, 0.05) is 24.1 Å². The topological polar surface area (TPSA) is 85.3 Å². The fourth-order valence-corrected chi connectivity index (χ4v) is 4.74. The smallest absolute Gasteiger partial charge is 0.251 e. The van der Waals surface area contributed by atoms with Gasteiger partial charge in [0.05, 0.1) is 5.69 Å². The Labute approximate surface area is 210 Å². The first-order valence-electron chi connectivity index (χ1n) is 11.9. The number of amides is 2. The highest BCUT2D eigenvalue weighted by atomic mass is 16.5. The third kappa shape index (κ3) is 4.60. The number of hydrogen-bond acceptors (Lipinski definition) is 4. The van der Waals surface area contributed by atoms with Crippen molar-refractivity contribution in [1.29, 1.82) is 0 Å². The van der Waals surface area contributed by atoms with E-state index in [9.17, 15) is 9.59 Å². The van der Waals surface area contributed by atoms with Gasteiger partial charge in [-0.15, -0.1) is 0 Å². The van der Waals surface area contributed by atoms with E-state index in [-0.39, 0.29) is 11.8 Å². The van der Waals surface area contributed by atoms with E-state index >= 15 is 0 Å². The average Bonchev–Trinajstić information content (AvgIpc) is 3.16. The van der Waals surface area contributed by atoms with Gasteiger partial charge in [0.25, 0.3) is 5.91 Å². The molecule has 3 aromatic carbocycles. The van der Waals surface area contributed by atoms with E-state index in [0.717, 1.165) is 33.7 Å². The molecule has 36 heavy (non-hydrogen) atoms. The zero-order valence-electron chi connectivity index (χ0n) is 20.5. The van der Waals surface area contributed by atoms with Crippen molar-refractivity contribution in [2.45, 2.75) is 32.4 Å². The highest BCUT2D eigenvalue weighted by molar-refractivity contribution is 6.04. The number of rotatable bonds is 6. The van der Waals surface area contributed by atoms with Crippen LogP contribution in [-0.2, 0) is 18.4 Å². The van der Waals surface area contributed by atoms with Crippen molar-refractivity contribution in [2.24, 2.45) is 7.05 Å². The molecule has 2 heterocycles. The fraction of sp³-hybridized carbons (Fsp3) is 0.207. The van der Waals surface area contributed by atoms with E-state index in [4.69, 9.17) is 4.74 Å². The first kappa shape index (κ1) is 23.4. The van der Waals surface area contributed by atoms with Crippen LogP contribution in [0.25, 0.3) is 0 Å². The Kier molecular flexibility index (Phi) is 6.29. The van der Waals surface area contributed by atoms with Gasteiger partial charge in [-0.2, -0.15) is 5.10 Å². The van der Waals surface area contributed by atoms with Crippen LogP contribution >= 0.6 is 0 Å². The zero-order valence-corrected chi connectivity index (χ0v) is 20.5. The second-order valence-corrected chi connectivity index (χ2v) is 9.10. The van der Waals surface area contributed by atoms with Crippen molar-refractivity contribution in [1.82, 2.24) is 15.1 Å². The van der Waals surface area contributed by atoms with E-state index in [1.807, 2.05) is 86.6 Å². The first-order chi connectivity index (χ1) is 17.4. The number of anilines is 1. The summed E-state index contributed by atoms with van der Waals surface area (Å²) in [5.41, 5.74) is 5.16. The van der Waals surface area contributed by atoms with E-state index in [0.29, 0.717) is 18.0 Å². The van der Waals surface area contributed by atoms with Gasteiger partial charge < -0.3 is 15.4 Å². The van der Waals surface area contributed by atoms with Crippen molar-refractivity contribution < 1.29 is 14.3 Å². The SMILES string of the molecule is Cc1cccc(C(=O)N[C@H]2C(=O)Nc3c(c(C)nn3C)[C@@H]2c2ccc(OCc3ccccc3)cc2)c1. The molecule has 7 nitrogen and oxygen atoms in total. The number of aryl methyl sites for hydroxylation is 3. The second-order valence-electron chi connectivity index (χ2n) is 9.10. The Hall–Kier alpha value is -4.39. The molecule has 2 atom stereocenters. The normalized spacial score (nSPS) is 16.7. The van der Waals surface area contributed by atoms with E-state index < -0.39 is 12.0 Å². The van der Waals surface area contributed by atoms with Gasteiger partial charge in [0.1, 0.15) is 24.2 Å². The molecule has 0 aliphatic carbocycles. The number of carbonyl (C=O) groups is 2. The zero-order chi connectivity index (χ0) is 25.2. The molecule has 182 valence electrons. The number of carbonyl (C=O) groups excluding carboxylic acids is 2. The fourth-order valence-electron chi connectivity index (χ4n) is 4.74. The molecule has 4 aromatic rings. The Balaban J connectivity index is 1.45. The highest BCUT2D eigenvalue weighted by Gasteiger charge is 2.41. The van der Waals surface area contributed by atoms with Crippen molar-refractivity contribution in [3.05, 3.63) is 112 Å². The van der Waals surface area contributed by atoms with Gasteiger partial charge in [0.15, 0.2) is 0 Å². The second kappa shape index (κ2) is 9.70.